The number of anilines is 1. The van der Waals surface area contributed by atoms with Gasteiger partial charge in [-0.2, -0.15) is 0 Å². The molecule has 0 radical (unpaired) electrons. The van der Waals surface area contributed by atoms with E-state index in [1.165, 1.54) is 0 Å². The fourth-order valence-corrected chi connectivity index (χ4v) is 3.73. The summed E-state index contributed by atoms with van der Waals surface area (Å²) in [6.45, 7) is 7.99. The van der Waals surface area contributed by atoms with Crippen LogP contribution >= 0.6 is 12.2 Å². The maximum atomic E-state index is 12.5. The maximum absolute atomic E-state index is 12.5. The minimum Gasteiger partial charge on any atom is -0.491 e. The molecule has 0 atom stereocenters. The summed E-state index contributed by atoms with van der Waals surface area (Å²) in [4.78, 5) is 17.1. The summed E-state index contributed by atoms with van der Waals surface area (Å²) in [5, 5.41) is 5.92. The van der Waals surface area contributed by atoms with Crippen molar-refractivity contribution in [2.45, 2.75) is 33.8 Å². The normalized spacial score (nSPS) is 10.9. The number of hydrogen-bond acceptors (Lipinski definition) is 5. The summed E-state index contributed by atoms with van der Waals surface area (Å²) < 4.78 is 11.5. The van der Waals surface area contributed by atoms with E-state index in [4.69, 9.17) is 21.4 Å². The number of hydrogen-bond donors (Lipinski definition) is 2. The van der Waals surface area contributed by atoms with Crippen molar-refractivity contribution in [2.24, 2.45) is 0 Å². The molecule has 0 aliphatic rings. The number of benzene rings is 3. The third-order valence-electron chi connectivity index (χ3n) is 4.83. The SMILES string of the molecule is Cc1cc(C)cc(-c2nc3cc(NC(=S)NC(=O)c4ccc(OC(C)C)cc4)ccc3o2)c1. The summed E-state index contributed by atoms with van der Waals surface area (Å²) in [7, 11) is 0. The highest BCUT2D eigenvalue weighted by molar-refractivity contribution is 7.80. The van der Waals surface area contributed by atoms with Crippen LogP contribution in [0.1, 0.15) is 35.3 Å². The van der Waals surface area contributed by atoms with Crippen molar-refractivity contribution >= 4 is 40.0 Å². The van der Waals surface area contributed by atoms with E-state index < -0.39 is 0 Å². The second kappa shape index (κ2) is 9.42. The fourth-order valence-electron chi connectivity index (χ4n) is 3.52. The van der Waals surface area contributed by atoms with Crippen LogP contribution in [0.5, 0.6) is 5.75 Å². The Balaban J connectivity index is 1.44. The molecule has 0 spiro atoms. The molecule has 0 fully saturated rings. The van der Waals surface area contributed by atoms with E-state index in [1.807, 2.05) is 58.0 Å². The Morgan fingerprint density at radius 3 is 2.36 bits per heavy atom. The zero-order chi connectivity index (χ0) is 23.5. The lowest BCUT2D eigenvalue weighted by molar-refractivity contribution is 0.0977. The Labute approximate surface area is 198 Å². The topological polar surface area (TPSA) is 76.4 Å². The predicted molar refractivity (Wildman–Crippen MR) is 135 cm³/mol. The molecule has 6 nitrogen and oxygen atoms in total. The second-order valence-corrected chi connectivity index (χ2v) is 8.59. The molecule has 1 amide bonds. The maximum Gasteiger partial charge on any atom is 0.257 e. The van der Waals surface area contributed by atoms with Gasteiger partial charge in [-0.05, 0) is 94.5 Å². The van der Waals surface area contributed by atoms with E-state index in [2.05, 4.69) is 21.7 Å². The molecule has 0 aliphatic heterocycles. The predicted octanol–water partition coefficient (Wildman–Crippen LogP) is 6.03. The van der Waals surface area contributed by atoms with Gasteiger partial charge in [0.25, 0.3) is 5.91 Å². The van der Waals surface area contributed by atoms with Gasteiger partial charge in [0.05, 0.1) is 6.10 Å². The van der Waals surface area contributed by atoms with Crippen LogP contribution in [0.25, 0.3) is 22.6 Å². The summed E-state index contributed by atoms with van der Waals surface area (Å²) >= 11 is 5.32. The van der Waals surface area contributed by atoms with E-state index in [1.54, 1.807) is 24.3 Å². The van der Waals surface area contributed by atoms with Crippen LogP contribution in [0.3, 0.4) is 0 Å². The Morgan fingerprint density at radius 2 is 1.70 bits per heavy atom. The van der Waals surface area contributed by atoms with Gasteiger partial charge in [-0.25, -0.2) is 4.98 Å². The first-order chi connectivity index (χ1) is 15.8. The Kier molecular flexibility index (Phi) is 6.42. The molecule has 168 valence electrons. The van der Waals surface area contributed by atoms with Gasteiger partial charge in [0.15, 0.2) is 10.7 Å². The highest BCUT2D eigenvalue weighted by Gasteiger charge is 2.12. The van der Waals surface area contributed by atoms with Crippen molar-refractivity contribution in [3.8, 4) is 17.2 Å². The number of amides is 1. The molecule has 2 N–H and O–H groups in total. The van der Waals surface area contributed by atoms with Gasteiger partial charge in [-0.15, -0.1) is 0 Å². The summed E-state index contributed by atoms with van der Waals surface area (Å²) in [6, 6.07) is 18.6. The fraction of sp³-hybridized carbons (Fsp3) is 0.192. The lowest BCUT2D eigenvalue weighted by Gasteiger charge is -2.11. The van der Waals surface area contributed by atoms with Crippen molar-refractivity contribution in [3.63, 3.8) is 0 Å². The molecule has 0 saturated heterocycles. The van der Waals surface area contributed by atoms with E-state index in [-0.39, 0.29) is 17.1 Å². The largest absolute Gasteiger partial charge is 0.491 e. The van der Waals surface area contributed by atoms with Gasteiger partial charge < -0.3 is 14.5 Å². The molecule has 0 saturated carbocycles. The molecular weight excluding hydrogens is 434 g/mol. The summed E-state index contributed by atoms with van der Waals surface area (Å²) in [6.07, 6.45) is 0.0699. The minimum atomic E-state index is -0.303. The number of carbonyl (C=O) groups excluding carboxylic acids is 1. The Hall–Kier alpha value is -3.71. The number of carbonyl (C=O) groups is 1. The first-order valence-corrected chi connectivity index (χ1v) is 11.1. The Morgan fingerprint density at radius 1 is 1.00 bits per heavy atom. The molecule has 0 aliphatic carbocycles. The monoisotopic (exact) mass is 459 g/mol. The zero-order valence-electron chi connectivity index (χ0n) is 18.9. The highest BCUT2D eigenvalue weighted by Crippen LogP contribution is 2.27. The van der Waals surface area contributed by atoms with Gasteiger partial charge in [-0.1, -0.05) is 17.2 Å². The molecular formula is C26H25N3O3S. The van der Waals surface area contributed by atoms with Crippen molar-refractivity contribution in [3.05, 3.63) is 77.4 Å². The van der Waals surface area contributed by atoms with Crippen LogP contribution in [0, 0.1) is 13.8 Å². The quantitative estimate of drug-likeness (QED) is 0.355. The third-order valence-corrected chi connectivity index (χ3v) is 5.03. The Bertz CT molecular complexity index is 1310. The molecule has 1 aromatic heterocycles. The minimum absolute atomic E-state index is 0.0699. The number of aryl methyl sites for hydroxylation is 2. The number of nitrogens with zero attached hydrogens (tertiary/aromatic N) is 1. The smallest absolute Gasteiger partial charge is 0.257 e. The van der Waals surface area contributed by atoms with Crippen LogP contribution in [-0.4, -0.2) is 22.1 Å². The van der Waals surface area contributed by atoms with Crippen LogP contribution in [0.15, 0.2) is 65.1 Å². The number of aromatic nitrogens is 1. The number of thiocarbonyl (C=S) groups is 1. The number of fused-ring (bicyclic) bond motifs is 1. The third kappa shape index (κ3) is 5.56. The highest BCUT2D eigenvalue weighted by atomic mass is 32.1. The van der Waals surface area contributed by atoms with Crippen LogP contribution in [0.4, 0.5) is 5.69 Å². The van der Waals surface area contributed by atoms with Gasteiger partial charge in [-0.3, -0.25) is 10.1 Å². The number of ether oxygens (including phenoxy) is 1. The van der Waals surface area contributed by atoms with Crippen molar-refractivity contribution in [2.75, 3.05) is 5.32 Å². The van der Waals surface area contributed by atoms with Crippen LogP contribution in [-0.2, 0) is 0 Å². The summed E-state index contributed by atoms with van der Waals surface area (Å²) in [5.41, 5.74) is 5.80. The average molecular weight is 460 g/mol. The van der Waals surface area contributed by atoms with E-state index >= 15 is 0 Å². The first kappa shape index (κ1) is 22.5. The van der Waals surface area contributed by atoms with Crippen molar-refractivity contribution < 1.29 is 13.9 Å². The molecule has 4 rings (SSSR count). The molecule has 1 heterocycles. The van der Waals surface area contributed by atoms with Gasteiger partial charge in [0.2, 0.25) is 5.89 Å². The van der Waals surface area contributed by atoms with Gasteiger partial charge >= 0.3 is 0 Å². The summed E-state index contributed by atoms with van der Waals surface area (Å²) in [5.74, 6) is 0.973. The molecule has 0 unspecified atom stereocenters. The molecule has 3 aromatic carbocycles. The van der Waals surface area contributed by atoms with Crippen LogP contribution in [0.2, 0.25) is 0 Å². The van der Waals surface area contributed by atoms with Crippen LogP contribution < -0.4 is 15.4 Å². The van der Waals surface area contributed by atoms with Gasteiger partial charge in [0, 0.05) is 16.8 Å². The van der Waals surface area contributed by atoms with E-state index in [0.29, 0.717) is 34.0 Å². The number of nitrogens with one attached hydrogen (secondary N) is 2. The molecule has 33 heavy (non-hydrogen) atoms. The lowest BCUT2D eigenvalue weighted by atomic mass is 10.1. The van der Waals surface area contributed by atoms with E-state index in [0.717, 1.165) is 16.7 Å². The number of rotatable bonds is 5. The van der Waals surface area contributed by atoms with Crippen molar-refractivity contribution in [1.82, 2.24) is 10.3 Å². The standard InChI is InChI=1S/C26H25N3O3S/c1-15(2)31-21-8-5-18(6-9-21)24(30)29-26(33)27-20-7-10-23-22(14-20)28-25(32-23)19-12-16(3)11-17(4)13-19/h5-15H,1-4H3,(H2,27,29,30,33). The first-order valence-electron chi connectivity index (χ1n) is 10.6. The molecule has 0 bridgehead atoms. The van der Waals surface area contributed by atoms with Crippen molar-refractivity contribution in [1.29, 1.82) is 0 Å². The lowest BCUT2D eigenvalue weighted by Crippen LogP contribution is -2.34. The molecule has 7 heteroatoms. The average Bonchev–Trinajstić information content (AvgIpc) is 3.16. The zero-order valence-corrected chi connectivity index (χ0v) is 19.7. The molecule has 4 aromatic rings. The van der Waals surface area contributed by atoms with E-state index in [9.17, 15) is 4.79 Å². The second-order valence-electron chi connectivity index (χ2n) is 8.18. The van der Waals surface area contributed by atoms with Gasteiger partial charge in [0.1, 0.15) is 11.3 Å². The number of oxazole rings is 1.